The number of anilines is 2. The lowest BCUT2D eigenvalue weighted by Crippen LogP contribution is -3.08. The molecule has 148 valence electrons. The standard InChI is InChI=1S/C23H22ClN3O2/c1-27(16-22(28)25-21-13-11-19(24)12-14-21)15-17-7-9-18(10-8-17)23(29)26-20-5-3-2-4-6-20/h2-14H,15-16H2,1H3,(H,25,28)(H,26,29)/p+1. The molecule has 0 radical (unpaired) electrons. The van der Waals surface area contributed by atoms with Crippen molar-refractivity contribution >= 4 is 34.8 Å². The van der Waals surface area contributed by atoms with Crippen molar-refractivity contribution in [3.8, 4) is 0 Å². The van der Waals surface area contributed by atoms with Crippen LogP contribution >= 0.6 is 11.6 Å². The molecule has 6 heteroatoms. The number of likely N-dealkylation sites (N-methyl/N-ethyl adjacent to an activating group) is 1. The second-order valence-corrected chi connectivity index (χ2v) is 7.32. The molecule has 3 rings (SSSR count). The monoisotopic (exact) mass is 408 g/mol. The first-order valence-electron chi connectivity index (χ1n) is 9.31. The fraction of sp³-hybridized carbons (Fsp3) is 0.130. The van der Waals surface area contributed by atoms with Crippen LogP contribution in [-0.2, 0) is 11.3 Å². The van der Waals surface area contributed by atoms with Crippen molar-refractivity contribution < 1.29 is 14.5 Å². The molecule has 3 aromatic carbocycles. The average molecular weight is 409 g/mol. The van der Waals surface area contributed by atoms with Crippen LogP contribution in [0.1, 0.15) is 15.9 Å². The maximum absolute atomic E-state index is 12.3. The molecule has 0 fully saturated rings. The summed E-state index contributed by atoms with van der Waals surface area (Å²) in [5.74, 6) is -0.213. The molecular formula is C23H23ClN3O2+. The number of carbonyl (C=O) groups excluding carboxylic acids is 2. The summed E-state index contributed by atoms with van der Waals surface area (Å²) in [6.45, 7) is 1.01. The Morgan fingerprint density at radius 3 is 2.10 bits per heavy atom. The van der Waals surface area contributed by atoms with Crippen LogP contribution in [0.2, 0.25) is 5.02 Å². The Morgan fingerprint density at radius 2 is 1.45 bits per heavy atom. The summed E-state index contributed by atoms with van der Waals surface area (Å²) in [6, 6.07) is 23.8. The molecule has 0 heterocycles. The number of quaternary nitrogens is 1. The highest BCUT2D eigenvalue weighted by Gasteiger charge is 2.12. The predicted octanol–water partition coefficient (Wildman–Crippen LogP) is 3.25. The lowest BCUT2D eigenvalue weighted by molar-refractivity contribution is -0.885. The first-order chi connectivity index (χ1) is 14.0. The van der Waals surface area contributed by atoms with Gasteiger partial charge in [0.1, 0.15) is 6.54 Å². The Morgan fingerprint density at radius 1 is 0.828 bits per heavy atom. The molecule has 2 amide bonds. The molecule has 0 bridgehead atoms. The molecule has 0 aromatic heterocycles. The number of para-hydroxylation sites is 1. The van der Waals surface area contributed by atoms with Gasteiger partial charge in [0.05, 0.1) is 7.05 Å². The predicted molar refractivity (Wildman–Crippen MR) is 116 cm³/mol. The Labute approximate surface area is 175 Å². The van der Waals surface area contributed by atoms with Crippen LogP contribution in [0.3, 0.4) is 0 Å². The minimum Gasteiger partial charge on any atom is -0.326 e. The summed E-state index contributed by atoms with van der Waals surface area (Å²) >= 11 is 5.85. The van der Waals surface area contributed by atoms with E-state index in [0.717, 1.165) is 21.8 Å². The lowest BCUT2D eigenvalue weighted by atomic mass is 10.1. The quantitative estimate of drug-likeness (QED) is 0.562. The van der Waals surface area contributed by atoms with Gasteiger partial charge in [-0.05, 0) is 48.5 Å². The van der Waals surface area contributed by atoms with E-state index in [1.54, 1.807) is 36.4 Å². The Bertz CT molecular complexity index is 958. The van der Waals surface area contributed by atoms with Crippen LogP contribution in [0.5, 0.6) is 0 Å². The van der Waals surface area contributed by atoms with Crippen LogP contribution in [0, 0.1) is 0 Å². The summed E-state index contributed by atoms with van der Waals surface area (Å²) in [4.78, 5) is 25.5. The van der Waals surface area contributed by atoms with Gasteiger partial charge >= 0.3 is 0 Å². The normalized spacial score (nSPS) is 11.5. The molecule has 3 N–H and O–H groups in total. The molecule has 0 aliphatic rings. The third-order valence-electron chi connectivity index (χ3n) is 4.34. The first-order valence-corrected chi connectivity index (χ1v) is 9.69. The Hall–Kier alpha value is -3.15. The van der Waals surface area contributed by atoms with E-state index in [-0.39, 0.29) is 11.8 Å². The number of hydrogen-bond donors (Lipinski definition) is 3. The van der Waals surface area contributed by atoms with Crippen molar-refractivity contribution in [1.82, 2.24) is 0 Å². The number of carbonyl (C=O) groups is 2. The van der Waals surface area contributed by atoms with Crippen LogP contribution in [0.15, 0.2) is 78.9 Å². The minimum absolute atomic E-state index is 0.0660. The van der Waals surface area contributed by atoms with Gasteiger partial charge < -0.3 is 15.5 Å². The fourth-order valence-corrected chi connectivity index (χ4v) is 3.05. The number of hydrogen-bond acceptors (Lipinski definition) is 2. The molecule has 5 nitrogen and oxygen atoms in total. The number of halogens is 1. The van der Waals surface area contributed by atoms with Gasteiger partial charge in [0.25, 0.3) is 11.8 Å². The highest BCUT2D eigenvalue weighted by molar-refractivity contribution is 6.30. The molecule has 3 aromatic rings. The summed E-state index contributed by atoms with van der Waals surface area (Å²) in [5.41, 5.74) is 3.13. The smallest absolute Gasteiger partial charge is 0.279 e. The van der Waals surface area contributed by atoms with Gasteiger partial charge in [-0.1, -0.05) is 41.9 Å². The van der Waals surface area contributed by atoms with Gasteiger partial charge in [-0.15, -0.1) is 0 Å². The molecule has 0 aliphatic carbocycles. The SMILES string of the molecule is C[NH+](CC(=O)Nc1ccc(Cl)cc1)Cc1ccc(C(=O)Nc2ccccc2)cc1. The number of benzene rings is 3. The van der Waals surface area contributed by atoms with Crippen LogP contribution in [-0.4, -0.2) is 25.4 Å². The highest BCUT2D eigenvalue weighted by atomic mass is 35.5. The molecule has 0 aliphatic heterocycles. The van der Waals surface area contributed by atoms with Crippen molar-refractivity contribution in [3.63, 3.8) is 0 Å². The average Bonchev–Trinajstić information content (AvgIpc) is 2.71. The molecule has 1 atom stereocenters. The van der Waals surface area contributed by atoms with Crippen molar-refractivity contribution in [2.24, 2.45) is 0 Å². The second-order valence-electron chi connectivity index (χ2n) is 6.88. The third kappa shape index (κ3) is 6.45. The second kappa shape index (κ2) is 9.87. The topological polar surface area (TPSA) is 62.6 Å². The number of rotatable bonds is 7. The van der Waals surface area contributed by atoms with Gasteiger partial charge in [-0.2, -0.15) is 0 Å². The highest BCUT2D eigenvalue weighted by Crippen LogP contribution is 2.13. The van der Waals surface area contributed by atoms with E-state index >= 15 is 0 Å². The zero-order chi connectivity index (χ0) is 20.6. The van der Waals surface area contributed by atoms with E-state index in [2.05, 4.69) is 10.6 Å². The molecule has 0 spiro atoms. The Balaban J connectivity index is 1.50. The minimum atomic E-state index is -0.147. The van der Waals surface area contributed by atoms with Crippen LogP contribution in [0.4, 0.5) is 11.4 Å². The van der Waals surface area contributed by atoms with Gasteiger partial charge in [-0.3, -0.25) is 9.59 Å². The molecule has 0 saturated carbocycles. The third-order valence-corrected chi connectivity index (χ3v) is 4.60. The molecule has 29 heavy (non-hydrogen) atoms. The largest absolute Gasteiger partial charge is 0.326 e. The van der Waals surface area contributed by atoms with Crippen molar-refractivity contribution in [2.75, 3.05) is 24.2 Å². The van der Waals surface area contributed by atoms with E-state index in [1.165, 1.54) is 0 Å². The van der Waals surface area contributed by atoms with Gasteiger partial charge in [-0.25, -0.2) is 0 Å². The van der Waals surface area contributed by atoms with Crippen LogP contribution < -0.4 is 15.5 Å². The van der Waals surface area contributed by atoms with E-state index in [9.17, 15) is 9.59 Å². The summed E-state index contributed by atoms with van der Waals surface area (Å²) in [5, 5.41) is 6.36. The fourth-order valence-electron chi connectivity index (χ4n) is 2.92. The van der Waals surface area contributed by atoms with Crippen molar-refractivity contribution in [2.45, 2.75) is 6.54 Å². The Kier molecular flexibility index (Phi) is 7.00. The summed E-state index contributed by atoms with van der Waals surface area (Å²) < 4.78 is 0. The zero-order valence-corrected chi connectivity index (χ0v) is 16.9. The van der Waals surface area contributed by atoms with Gasteiger partial charge in [0.2, 0.25) is 0 Å². The van der Waals surface area contributed by atoms with E-state index in [4.69, 9.17) is 11.6 Å². The van der Waals surface area contributed by atoms with E-state index < -0.39 is 0 Å². The molecule has 0 saturated heterocycles. The summed E-state index contributed by atoms with van der Waals surface area (Å²) in [7, 11) is 1.96. The zero-order valence-electron chi connectivity index (χ0n) is 16.1. The van der Waals surface area contributed by atoms with E-state index in [0.29, 0.717) is 23.7 Å². The van der Waals surface area contributed by atoms with Crippen molar-refractivity contribution in [3.05, 3.63) is 95.0 Å². The van der Waals surface area contributed by atoms with Crippen LogP contribution in [0.25, 0.3) is 0 Å². The maximum atomic E-state index is 12.3. The number of nitrogens with one attached hydrogen (secondary N) is 3. The van der Waals surface area contributed by atoms with E-state index in [1.807, 2.05) is 49.5 Å². The maximum Gasteiger partial charge on any atom is 0.279 e. The van der Waals surface area contributed by atoms with Gasteiger partial charge in [0, 0.05) is 27.5 Å². The first kappa shape index (κ1) is 20.6. The van der Waals surface area contributed by atoms with Gasteiger partial charge in [0.15, 0.2) is 6.54 Å². The molecular weight excluding hydrogens is 386 g/mol. The van der Waals surface area contributed by atoms with Crippen molar-refractivity contribution in [1.29, 1.82) is 0 Å². The molecule has 1 unspecified atom stereocenters. The summed E-state index contributed by atoms with van der Waals surface area (Å²) in [6.07, 6.45) is 0. The number of amides is 2. The lowest BCUT2D eigenvalue weighted by Gasteiger charge is -2.14.